The number of nitrogens with zero attached hydrogens (tertiary/aromatic N) is 2. The maximum absolute atomic E-state index is 13.2. The predicted octanol–water partition coefficient (Wildman–Crippen LogP) is 4.07. The Bertz CT molecular complexity index is 1310. The molecule has 6 nitrogen and oxygen atoms in total. The van der Waals surface area contributed by atoms with Gasteiger partial charge in [0.15, 0.2) is 6.61 Å². The van der Waals surface area contributed by atoms with Crippen LogP contribution in [0.2, 0.25) is 0 Å². The SMILES string of the molecule is CCNC(=O)COc1ccc(/C=C/c2nc3ccccc3c(=O)n2-c2ccccc2)cc1. The van der Waals surface area contributed by atoms with Gasteiger partial charge in [-0.2, -0.15) is 0 Å². The number of aromatic nitrogens is 2. The van der Waals surface area contributed by atoms with Crippen LogP contribution in [0.4, 0.5) is 0 Å². The zero-order chi connectivity index (χ0) is 22.3. The summed E-state index contributed by atoms with van der Waals surface area (Å²) in [7, 11) is 0. The van der Waals surface area contributed by atoms with E-state index < -0.39 is 0 Å². The van der Waals surface area contributed by atoms with E-state index in [0.717, 1.165) is 11.3 Å². The minimum atomic E-state index is -0.155. The number of rotatable bonds is 7. The van der Waals surface area contributed by atoms with E-state index in [-0.39, 0.29) is 18.1 Å². The highest BCUT2D eigenvalue weighted by Gasteiger charge is 2.10. The van der Waals surface area contributed by atoms with E-state index in [4.69, 9.17) is 9.72 Å². The summed E-state index contributed by atoms with van der Waals surface area (Å²) in [5.41, 5.74) is 2.20. The van der Waals surface area contributed by atoms with Gasteiger partial charge in [-0.05, 0) is 55.0 Å². The van der Waals surface area contributed by atoms with Crippen molar-refractivity contribution in [2.75, 3.05) is 13.2 Å². The van der Waals surface area contributed by atoms with E-state index in [0.29, 0.717) is 29.0 Å². The van der Waals surface area contributed by atoms with E-state index in [9.17, 15) is 9.59 Å². The number of ether oxygens (including phenoxy) is 1. The molecule has 0 aliphatic heterocycles. The van der Waals surface area contributed by atoms with Crippen LogP contribution in [0.1, 0.15) is 18.3 Å². The van der Waals surface area contributed by atoms with Gasteiger partial charge < -0.3 is 10.1 Å². The molecular weight excluding hydrogens is 402 g/mol. The fraction of sp³-hybridized carbons (Fsp3) is 0.115. The number of hydrogen-bond donors (Lipinski definition) is 1. The lowest BCUT2D eigenvalue weighted by molar-refractivity contribution is -0.122. The van der Waals surface area contributed by atoms with Crippen LogP contribution in [-0.2, 0) is 4.79 Å². The van der Waals surface area contributed by atoms with Gasteiger partial charge in [0.1, 0.15) is 11.6 Å². The molecule has 0 saturated heterocycles. The van der Waals surface area contributed by atoms with Gasteiger partial charge >= 0.3 is 0 Å². The highest BCUT2D eigenvalue weighted by molar-refractivity contribution is 5.80. The van der Waals surface area contributed by atoms with E-state index in [2.05, 4.69) is 5.32 Å². The monoisotopic (exact) mass is 425 g/mol. The maximum atomic E-state index is 13.2. The molecule has 0 unspecified atom stereocenters. The van der Waals surface area contributed by atoms with Gasteiger partial charge in [-0.3, -0.25) is 14.2 Å². The first-order chi connectivity index (χ1) is 15.7. The zero-order valence-electron chi connectivity index (χ0n) is 17.7. The van der Waals surface area contributed by atoms with Crippen molar-refractivity contribution in [2.24, 2.45) is 0 Å². The molecule has 32 heavy (non-hydrogen) atoms. The molecule has 1 heterocycles. The molecular formula is C26H23N3O3. The highest BCUT2D eigenvalue weighted by atomic mass is 16.5. The molecule has 160 valence electrons. The van der Waals surface area contributed by atoms with Gasteiger partial charge in [-0.25, -0.2) is 4.98 Å². The second-order valence-corrected chi connectivity index (χ2v) is 7.11. The average Bonchev–Trinajstić information content (AvgIpc) is 2.83. The number of carbonyl (C=O) groups is 1. The van der Waals surface area contributed by atoms with Crippen molar-refractivity contribution < 1.29 is 9.53 Å². The van der Waals surface area contributed by atoms with Gasteiger partial charge in [0.25, 0.3) is 11.5 Å². The number of para-hydroxylation sites is 2. The highest BCUT2D eigenvalue weighted by Crippen LogP contribution is 2.17. The smallest absolute Gasteiger partial charge is 0.266 e. The number of benzene rings is 3. The van der Waals surface area contributed by atoms with Gasteiger partial charge in [0.05, 0.1) is 16.6 Å². The number of fused-ring (bicyclic) bond motifs is 1. The van der Waals surface area contributed by atoms with E-state index in [1.54, 1.807) is 22.8 Å². The molecule has 0 radical (unpaired) electrons. The molecule has 3 aromatic carbocycles. The summed E-state index contributed by atoms with van der Waals surface area (Å²) in [5.74, 6) is 0.993. The van der Waals surface area contributed by atoms with Crippen molar-refractivity contribution in [1.82, 2.24) is 14.9 Å². The maximum Gasteiger partial charge on any atom is 0.266 e. The summed E-state index contributed by atoms with van der Waals surface area (Å²) in [4.78, 5) is 29.5. The third kappa shape index (κ3) is 4.75. The second kappa shape index (κ2) is 9.75. The first kappa shape index (κ1) is 21.1. The Hall–Kier alpha value is -4.19. The largest absolute Gasteiger partial charge is 0.484 e. The Balaban J connectivity index is 1.64. The Morgan fingerprint density at radius 2 is 1.69 bits per heavy atom. The van der Waals surface area contributed by atoms with Crippen LogP contribution in [0.5, 0.6) is 5.75 Å². The van der Waals surface area contributed by atoms with Crippen molar-refractivity contribution in [1.29, 1.82) is 0 Å². The average molecular weight is 425 g/mol. The van der Waals surface area contributed by atoms with Crippen molar-refractivity contribution in [3.05, 3.63) is 101 Å². The molecule has 0 aliphatic carbocycles. The van der Waals surface area contributed by atoms with E-state index in [1.807, 2.05) is 79.7 Å². The van der Waals surface area contributed by atoms with Crippen LogP contribution in [-0.4, -0.2) is 28.6 Å². The summed E-state index contributed by atoms with van der Waals surface area (Å²) in [6.45, 7) is 2.41. The molecule has 0 aliphatic rings. The minimum Gasteiger partial charge on any atom is -0.484 e. The number of carbonyl (C=O) groups excluding carboxylic acids is 1. The fourth-order valence-electron chi connectivity index (χ4n) is 3.33. The quantitative estimate of drug-likeness (QED) is 0.484. The predicted molar refractivity (Wildman–Crippen MR) is 127 cm³/mol. The lowest BCUT2D eigenvalue weighted by Crippen LogP contribution is -2.28. The fourth-order valence-corrected chi connectivity index (χ4v) is 3.33. The normalized spacial score (nSPS) is 11.0. The number of likely N-dealkylation sites (N-methyl/N-ethyl adjacent to an activating group) is 1. The Kier molecular flexibility index (Phi) is 6.41. The van der Waals surface area contributed by atoms with Crippen molar-refractivity contribution >= 4 is 29.0 Å². The Morgan fingerprint density at radius 3 is 2.44 bits per heavy atom. The lowest BCUT2D eigenvalue weighted by Gasteiger charge is -2.11. The van der Waals surface area contributed by atoms with E-state index in [1.165, 1.54) is 0 Å². The van der Waals surface area contributed by atoms with Crippen LogP contribution >= 0.6 is 0 Å². The Morgan fingerprint density at radius 1 is 0.969 bits per heavy atom. The third-order valence-electron chi connectivity index (χ3n) is 4.86. The summed E-state index contributed by atoms with van der Waals surface area (Å²) in [6.07, 6.45) is 3.72. The molecule has 1 aromatic heterocycles. The van der Waals surface area contributed by atoms with Gasteiger partial charge in [0.2, 0.25) is 0 Å². The van der Waals surface area contributed by atoms with Crippen LogP contribution < -0.4 is 15.6 Å². The molecule has 0 spiro atoms. The Labute approximate surface area is 185 Å². The van der Waals surface area contributed by atoms with Crippen LogP contribution in [0.25, 0.3) is 28.7 Å². The molecule has 1 N–H and O–H groups in total. The minimum absolute atomic E-state index is 0.0204. The first-order valence-corrected chi connectivity index (χ1v) is 10.4. The van der Waals surface area contributed by atoms with Gasteiger partial charge in [-0.15, -0.1) is 0 Å². The van der Waals surface area contributed by atoms with Gasteiger partial charge in [-0.1, -0.05) is 48.5 Å². The van der Waals surface area contributed by atoms with Crippen molar-refractivity contribution in [3.63, 3.8) is 0 Å². The molecule has 0 bridgehead atoms. The van der Waals surface area contributed by atoms with E-state index >= 15 is 0 Å². The first-order valence-electron chi connectivity index (χ1n) is 10.4. The van der Waals surface area contributed by atoms with Crippen LogP contribution in [0.15, 0.2) is 83.7 Å². The molecule has 0 fully saturated rings. The standard InChI is InChI=1S/C26H23N3O3/c1-2-27-25(30)18-32-21-15-12-19(13-16-21)14-17-24-28-23-11-7-6-10-22(23)26(31)29(24)20-8-4-3-5-9-20/h3-17H,2,18H2,1H3,(H,27,30)/b17-14+. The number of nitrogens with one attached hydrogen (secondary N) is 1. The zero-order valence-corrected chi connectivity index (χ0v) is 17.7. The third-order valence-corrected chi connectivity index (χ3v) is 4.86. The number of amides is 1. The molecule has 4 rings (SSSR count). The second-order valence-electron chi connectivity index (χ2n) is 7.11. The summed E-state index contributed by atoms with van der Waals surface area (Å²) in [6, 6.07) is 24.2. The molecule has 0 atom stereocenters. The summed E-state index contributed by atoms with van der Waals surface area (Å²) < 4.78 is 7.10. The molecule has 1 amide bonds. The topological polar surface area (TPSA) is 73.2 Å². The van der Waals surface area contributed by atoms with Crippen molar-refractivity contribution in [2.45, 2.75) is 6.92 Å². The van der Waals surface area contributed by atoms with Gasteiger partial charge in [0, 0.05) is 6.54 Å². The molecule has 0 saturated carbocycles. The number of hydrogen-bond acceptors (Lipinski definition) is 4. The van der Waals surface area contributed by atoms with Crippen LogP contribution in [0, 0.1) is 0 Å². The summed E-state index contributed by atoms with van der Waals surface area (Å²) in [5, 5.41) is 3.26. The van der Waals surface area contributed by atoms with Crippen LogP contribution in [0.3, 0.4) is 0 Å². The molecule has 6 heteroatoms. The van der Waals surface area contributed by atoms with Crippen molar-refractivity contribution in [3.8, 4) is 11.4 Å². The molecule has 4 aromatic rings. The lowest BCUT2D eigenvalue weighted by atomic mass is 10.2. The summed E-state index contributed by atoms with van der Waals surface area (Å²) >= 11 is 0.